The molecule has 22 heavy (non-hydrogen) atoms. The van der Waals surface area contributed by atoms with Crippen molar-refractivity contribution < 1.29 is 14.6 Å². The van der Waals surface area contributed by atoms with Gasteiger partial charge in [0, 0.05) is 19.0 Å². The van der Waals surface area contributed by atoms with Gasteiger partial charge in [0.2, 0.25) is 5.91 Å². The predicted octanol–water partition coefficient (Wildman–Crippen LogP) is 1.20. The van der Waals surface area contributed by atoms with Gasteiger partial charge in [-0.05, 0) is 32.4 Å². The molecule has 2 unspecified atom stereocenters. The van der Waals surface area contributed by atoms with Crippen LogP contribution in [0.3, 0.4) is 0 Å². The van der Waals surface area contributed by atoms with Crippen molar-refractivity contribution in [3.05, 3.63) is 29.8 Å². The number of amides is 1. The fraction of sp³-hybridized carbons (Fsp3) is 0.588. The largest absolute Gasteiger partial charge is 0.488 e. The molecule has 1 aliphatic heterocycles. The Morgan fingerprint density at radius 2 is 2.14 bits per heavy atom. The number of hydrogen-bond donors (Lipinski definition) is 2. The lowest BCUT2D eigenvalue weighted by Gasteiger charge is -2.27. The normalized spacial score (nSPS) is 18.2. The van der Waals surface area contributed by atoms with Gasteiger partial charge >= 0.3 is 0 Å². The van der Waals surface area contributed by atoms with E-state index in [2.05, 4.69) is 11.4 Å². The van der Waals surface area contributed by atoms with Crippen molar-refractivity contribution >= 4 is 5.91 Å². The summed E-state index contributed by atoms with van der Waals surface area (Å²) < 4.78 is 5.81. The zero-order valence-electron chi connectivity index (χ0n) is 13.6. The highest BCUT2D eigenvalue weighted by Crippen LogP contribution is 2.27. The number of rotatable bonds is 7. The number of para-hydroxylation sites is 1. The zero-order chi connectivity index (χ0) is 16.1. The molecule has 2 N–H and O–H groups in total. The third-order valence-electron chi connectivity index (χ3n) is 3.82. The molecule has 0 aromatic heterocycles. The van der Waals surface area contributed by atoms with Gasteiger partial charge in [0.05, 0.1) is 19.2 Å². The van der Waals surface area contributed by atoms with Crippen LogP contribution in [0.15, 0.2) is 24.3 Å². The molecule has 0 radical (unpaired) electrons. The van der Waals surface area contributed by atoms with E-state index in [0.29, 0.717) is 19.6 Å². The van der Waals surface area contributed by atoms with E-state index in [1.165, 1.54) is 5.56 Å². The van der Waals surface area contributed by atoms with E-state index in [-0.39, 0.29) is 18.1 Å². The topological polar surface area (TPSA) is 61.8 Å². The Bertz CT molecular complexity index is 477. The van der Waals surface area contributed by atoms with E-state index >= 15 is 0 Å². The van der Waals surface area contributed by atoms with Gasteiger partial charge < -0.3 is 15.2 Å². The molecule has 1 aliphatic rings. The molecule has 0 fully saturated rings. The minimum Gasteiger partial charge on any atom is -0.488 e. The van der Waals surface area contributed by atoms with Gasteiger partial charge in [0.25, 0.3) is 0 Å². The monoisotopic (exact) mass is 306 g/mol. The maximum Gasteiger partial charge on any atom is 0.234 e. The molecule has 0 spiro atoms. The summed E-state index contributed by atoms with van der Waals surface area (Å²) in [6.45, 7) is 7.07. The molecule has 2 atom stereocenters. The highest BCUT2D eigenvalue weighted by Gasteiger charge is 2.23. The molecule has 1 heterocycles. The molecule has 1 amide bonds. The van der Waals surface area contributed by atoms with Crippen molar-refractivity contribution in [2.75, 3.05) is 19.6 Å². The van der Waals surface area contributed by atoms with Crippen LogP contribution in [-0.2, 0) is 11.2 Å². The molecular weight excluding hydrogens is 280 g/mol. The molecule has 0 bridgehead atoms. The van der Waals surface area contributed by atoms with Gasteiger partial charge in [-0.25, -0.2) is 0 Å². The van der Waals surface area contributed by atoms with E-state index in [4.69, 9.17) is 4.74 Å². The molecule has 2 rings (SSSR count). The summed E-state index contributed by atoms with van der Waals surface area (Å²) in [6.07, 6.45) is 0.395. The number of aliphatic hydroxyl groups excluding tert-OH is 1. The van der Waals surface area contributed by atoms with Crippen LogP contribution in [0.25, 0.3) is 0 Å². The van der Waals surface area contributed by atoms with Crippen molar-refractivity contribution in [3.8, 4) is 5.75 Å². The third kappa shape index (κ3) is 4.71. The number of nitrogens with one attached hydrogen (secondary N) is 1. The van der Waals surface area contributed by atoms with Crippen LogP contribution in [0.1, 0.15) is 26.3 Å². The smallest absolute Gasteiger partial charge is 0.234 e. The van der Waals surface area contributed by atoms with E-state index < -0.39 is 6.10 Å². The number of aliphatic hydroxyl groups is 1. The Kier molecular flexibility index (Phi) is 5.80. The number of fused-ring (bicyclic) bond motifs is 1. The van der Waals surface area contributed by atoms with Crippen LogP contribution in [0, 0.1) is 0 Å². The number of carbonyl (C=O) groups is 1. The number of carbonyl (C=O) groups excluding carboxylic acids is 1. The van der Waals surface area contributed by atoms with Crippen LogP contribution in [0.5, 0.6) is 5.75 Å². The van der Waals surface area contributed by atoms with Crippen molar-refractivity contribution in [1.29, 1.82) is 0 Å². The molecule has 5 nitrogen and oxygen atoms in total. The Labute approximate surface area is 132 Å². The molecule has 0 saturated carbocycles. The predicted molar refractivity (Wildman–Crippen MR) is 86.0 cm³/mol. The second kappa shape index (κ2) is 7.61. The maximum absolute atomic E-state index is 12.1. The van der Waals surface area contributed by atoms with Gasteiger partial charge in [-0.15, -0.1) is 0 Å². The minimum absolute atomic E-state index is 0.00520. The zero-order valence-corrected chi connectivity index (χ0v) is 13.6. The fourth-order valence-electron chi connectivity index (χ4n) is 2.63. The second-order valence-electron chi connectivity index (χ2n) is 6.23. The Morgan fingerprint density at radius 1 is 1.41 bits per heavy atom. The Morgan fingerprint density at radius 3 is 2.77 bits per heavy atom. The van der Waals surface area contributed by atoms with Crippen molar-refractivity contribution in [2.45, 2.75) is 45.4 Å². The summed E-state index contributed by atoms with van der Waals surface area (Å²) in [4.78, 5) is 14.0. The summed E-state index contributed by atoms with van der Waals surface area (Å²) in [5, 5.41) is 12.4. The van der Waals surface area contributed by atoms with Crippen LogP contribution in [0.4, 0.5) is 0 Å². The standard InChI is InChI=1S/C17H26N2O3/c1-12(2)19(10-13(3)20)11-17(21)18-9-15-8-14-6-4-5-7-16(14)22-15/h4-7,12-13,15,20H,8-11H2,1-3H3,(H,18,21). The van der Waals surface area contributed by atoms with Gasteiger partial charge in [0.1, 0.15) is 11.9 Å². The van der Waals surface area contributed by atoms with E-state index in [1.54, 1.807) is 6.92 Å². The highest BCUT2D eigenvalue weighted by molar-refractivity contribution is 5.78. The van der Waals surface area contributed by atoms with Crippen LogP contribution >= 0.6 is 0 Å². The summed E-state index contributed by atoms with van der Waals surface area (Å²) in [7, 11) is 0. The first kappa shape index (κ1) is 16.8. The number of hydrogen-bond acceptors (Lipinski definition) is 4. The first-order valence-electron chi connectivity index (χ1n) is 7.89. The molecular formula is C17H26N2O3. The summed E-state index contributed by atoms with van der Waals surface area (Å²) in [5.74, 6) is 0.883. The minimum atomic E-state index is -0.442. The SMILES string of the molecule is CC(O)CN(CC(=O)NCC1Cc2ccccc2O1)C(C)C. The summed E-state index contributed by atoms with van der Waals surface area (Å²) in [5.41, 5.74) is 1.19. The third-order valence-corrected chi connectivity index (χ3v) is 3.82. The molecule has 122 valence electrons. The van der Waals surface area contributed by atoms with Crippen molar-refractivity contribution in [2.24, 2.45) is 0 Å². The van der Waals surface area contributed by atoms with Gasteiger partial charge in [0.15, 0.2) is 0 Å². The first-order valence-corrected chi connectivity index (χ1v) is 7.89. The highest BCUT2D eigenvalue weighted by atomic mass is 16.5. The quantitative estimate of drug-likeness (QED) is 0.794. The number of ether oxygens (including phenoxy) is 1. The molecule has 5 heteroatoms. The molecule has 1 aromatic carbocycles. The van der Waals surface area contributed by atoms with E-state index in [9.17, 15) is 9.90 Å². The van der Waals surface area contributed by atoms with Crippen molar-refractivity contribution in [3.63, 3.8) is 0 Å². The van der Waals surface area contributed by atoms with Gasteiger partial charge in [-0.2, -0.15) is 0 Å². The van der Waals surface area contributed by atoms with Gasteiger partial charge in [-0.1, -0.05) is 18.2 Å². The van der Waals surface area contributed by atoms with Crippen LogP contribution in [-0.4, -0.2) is 53.8 Å². The number of nitrogens with zero attached hydrogens (tertiary/aromatic N) is 1. The molecule has 0 saturated heterocycles. The first-order chi connectivity index (χ1) is 10.5. The average Bonchev–Trinajstić information content (AvgIpc) is 2.86. The van der Waals surface area contributed by atoms with Crippen LogP contribution in [0.2, 0.25) is 0 Å². The Hall–Kier alpha value is -1.59. The Balaban J connectivity index is 1.76. The fourth-order valence-corrected chi connectivity index (χ4v) is 2.63. The van der Waals surface area contributed by atoms with Crippen molar-refractivity contribution in [1.82, 2.24) is 10.2 Å². The maximum atomic E-state index is 12.1. The summed E-state index contributed by atoms with van der Waals surface area (Å²) >= 11 is 0. The lowest BCUT2D eigenvalue weighted by Crippen LogP contribution is -2.45. The van der Waals surface area contributed by atoms with Crippen LogP contribution < -0.4 is 10.1 Å². The summed E-state index contributed by atoms with van der Waals surface area (Å²) in [6, 6.07) is 8.18. The second-order valence-corrected chi connectivity index (χ2v) is 6.23. The van der Waals surface area contributed by atoms with E-state index in [0.717, 1.165) is 12.2 Å². The van der Waals surface area contributed by atoms with Gasteiger partial charge in [-0.3, -0.25) is 9.69 Å². The molecule has 1 aromatic rings. The lowest BCUT2D eigenvalue weighted by atomic mass is 10.1. The van der Waals surface area contributed by atoms with E-state index in [1.807, 2.05) is 36.9 Å². The average molecular weight is 306 g/mol. The molecule has 0 aliphatic carbocycles. The number of benzene rings is 1. The lowest BCUT2D eigenvalue weighted by molar-refractivity contribution is -0.123.